The minimum Gasteiger partial charge on any atom is -0.372 e. The van der Waals surface area contributed by atoms with Gasteiger partial charge in [0.2, 0.25) is 0 Å². The molecule has 0 radical (unpaired) electrons. The minimum absolute atomic E-state index is 0.0758. The van der Waals surface area contributed by atoms with E-state index in [1.807, 2.05) is 19.2 Å². The Bertz CT molecular complexity index is 635. The predicted molar refractivity (Wildman–Crippen MR) is 86.8 cm³/mol. The van der Waals surface area contributed by atoms with E-state index >= 15 is 0 Å². The number of benzene rings is 1. The van der Waals surface area contributed by atoms with Gasteiger partial charge in [-0.05, 0) is 24.1 Å². The first-order chi connectivity index (χ1) is 11.3. The SMILES string of the molecule is CNc1nccnc1C1CN(CCc2ccc(F)cc2)CCO1. The fourth-order valence-corrected chi connectivity index (χ4v) is 2.79. The van der Waals surface area contributed by atoms with E-state index in [1.165, 1.54) is 12.1 Å². The fourth-order valence-electron chi connectivity index (χ4n) is 2.79. The van der Waals surface area contributed by atoms with Crippen LogP contribution < -0.4 is 5.32 Å². The summed E-state index contributed by atoms with van der Waals surface area (Å²) in [6, 6.07) is 6.70. The normalized spacial score (nSPS) is 18.8. The zero-order valence-corrected chi connectivity index (χ0v) is 13.2. The molecule has 3 rings (SSSR count). The zero-order chi connectivity index (χ0) is 16.1. The van der Waals surface area contributed by atoms with Crippen molar-refractivity contribution in [2.75, 3.05) is 38.6 Å². The van der Waals surface area contributed by atoms with Crippen molar-refractivity contribution in [3.8, 4) is 0 Å². The monoisotopic (exact) mass is 316 g/mol. The molecule has 0 bridgehead atoms. The van der Waals surface area contributed by atoms with Crippen LogP contribution in [0.15, 0.2) is 36.7 Å². The topological polar surface area (TPSA) is 50.3 Å². The summed E-state index contributed by atoms with van der Waals surface area (Å²) in [6.07, 6.45) is 4.18. The molecule has 1 aromatic heterocycles. The Morgan fingerprint density at radius 3 is 2.83 bits per heavy atom. The van der Waals surface area contributed by atoms with Crippen molar-refractivity contribution in [1.29, 1.82) is 0 Å². The second kappa shape index (κ2) is 7.48. The molecule has 1 unspecified atom stereocenters. The standard InChI is InChI=1S/C17H21FN4O/c1-19-17-16(20-7-8-21-17)15-12-22(10-11-23-15)9-6-13-2-4-14(18)5-3-13/h2-5,7-8,15H,6,9-12H2,1H3,(H,19,21). The lowest BCUT2D eigenvalue weighted by atomic mass is 10.1. The molecule has 1 aliphatic heterocycles. The molecule has 23 heavy (non-hydrogen) atoms. The number of nitrogens with one attached hydrogen (secondary N) is 1. The number of hydrogen-bond acceptors (Lipinski definition) is 5. The second-order valence-electron chi connectivity index (χ2n) is 5.58. The van der Waals surface area contributed by atoms with E-state index in [0.29, 0.717) is 6.61 Å². The van der Waals surface area contributed by atoms with Gasteiger partial charge in [0.15, 0.2) is 0 Å². The molecule has 0 aliphatic carbocycles. The van der Waals surface area contributed by atoms with E-state index in [0.717, 1.165) is 43.1 Å². The van der Waals surface area contributed by atoms with Gasteiger partial charge in [-0.2, -0.15) is 0 Å². The molecule has 5 nitrogen and oxygen atoms in total. The van der Waals surface area contributed by atoms with Gasteiger partial charge in [0.25, 0.3) is 0 Å². The molecule has 1 fully saturated rings. The van der Waals surface area contributed by atoms with Crippen molar-refractivity contribution in [2.24, 2.45) is 0 Å². The van der Waals surface area contributed by atoms with Crippen LogP contribution in [0.1, 0.15) is 17.4 Å². The molecule has 0 spiro atoms. The smallest absolute Gasteiger partial charge is 0.150 e. The Hall–Kier alpha value is -2.05. The highest BCUT2D eigenvalue weighted by Gasteiger charge is 2.25. The van der Waals surface area contributed by atoms with Crippen molar-refractivity contribution < 1.29 is 9.13 Å². The number of nitrogens with zero attached hydrogens (tertiary/aromatic N) is 3. The van der Waals surface area contributed by atoms with Crippen LogP contribution in [0.3, 0.4) is 0 Å². The number of hydrogen-bond donors (Lipinski definition) is 1. The maximum atomic E-state index is 12.9. The number of halogens is 1. The lowest BCUT2D eigenvalue weighted by Crippen LogP contribution is -2.39. The summed E-state index contributed by atoms with van der Waals surface area (Å²) >= 11 is 0. The third-order valence-corrected chi connectivity index (χ3v) is 4.05. The molecule has 1 atom stereocenters. The first kappa shape index (κ1) is 15.8. The molecule has 122 valence electrons. The summed E-state index contributed by atoms with van der Waals surface area (Å²) in [5, 5.41) is 3.06. The third kappa shape index (κ3) is 4.03. The van der Waals surface area contributed by atoms with Crippen molar-refractivity contribution in [1.82, 2.24) is 14.9 Å². The van der Waals surface area contributed by atoms with Crippen molar-refractivity contribution in [2.45, 2.75) is 12.5 Å². The summed E-state index contributed by atoms with van der Waals surface area (Å²) in [4.78, 5) is 11.1. The van der Waals surface area contributed by atoms with Gasteiger partial charge < -0.3 is 10.1 Å². The van der Waals surface area contributed by atoms with E-state index in [4.69, 9.17) is 4.74 Å². The molecule has 0 amide bonds. The van der Waals surface area contributed by atoms with Crippen LogP contribution in [0.25, 0.3) is 0 Å². The lowest BCUT2D eigenvalue weighted by Gasteiger charge is -2.33. The Morgan fingerprint density at radius 2 is 2.04 bits per heavy atom. The molecule has 2 heterocycles. The quantitative estimate of drug-likeness (QED) is 0.917. The molecule has 1 aromatic carbocycles. The first-order valence-electron chi connectivity index (χ1n) is 7.83. The van der Waals surface area contributed by atoms with Crippen molar-refractivity contribution >= 4 is 5.82 Å². The largest absolute Gasteiger partial charge is 0.372 e. The van der Waals surface area contributed by atoms with E-state index in [1.54, 1.807) is 12.4 Å². The number of rotatable bonds is 5. The van der Waals surface area contributed by atoms with Crippen LogP contribution in [-0.2, 0) is 11.2 Å². The average molecular weight is 316 g/mol. The Labute approximate surface area is 135 Å². The Balaban J connectivity index is 1.60. The first-order valence-corrected chi connectivity index (χ1v) is 7.83. The fraction of sp³-hybridized carbons (Fsp3) is 0.412. The number of anilines is 1. The van der Waals surface area contributed by atoms with Gasteiger partial charge in [-0.3, -0.25) is 9.88 Å². The maximum Gasteiger partial charge on any atom is 0.150 e. The van der Waals surface area contributed by atoms with E-state index < -0.39 is 0 Å². The summed E-state index contributed by atoms with van der Waals surface area (Å²) in [7, 11) is 1.84. The van der Waals surface area contributed by atoms with Crippen molar-refractivity contribution in [3.63, 3.8) is 0 Å². The van der Waals surface area contributed by atoms with Gasteiger partial charge in [-0.25, -0.2) is 9.37 Å². The molecule has 1 N–H and O–H groups in total. The second-order valence-corrected chi connectivity index (χ2v) is 5.58. The van der Waals surface area contributed by atoms with Crippen LogP contribution in [0.2, 0.25) is 0 Å². The molecule has 6 heteroatoms. The van der Waals surface area contributed by atoms with Gasteiger partial charge in [-0.15, -0.1) is 0 Å². The number of ether oxygens (including phenoxy) is 1. The zero-order valence-electron chi connectivity index (χ0n) is 13.2. The minimum atomic E-state index is -0.192. The number of aromatic nitrogens is 2. The van der Waals surface area contributed by atoms with Gasteiger partial charge in [-0.1, -0.05) is 12.1 Å². The van der Waals surface area contributed by atoms with Crippen LogP contribution in [0, 0.1) is 5.82 Å². The lowest BCUT2D eigenvalue weighted by molar-refractivity contribution is -0.0314. The van der Waals surface area contributed by atoms with Crippen LogP contribution in [0.4, 0.5) is 10.2 Å². The average Bonchev–Trinajstić information content (AvgIpc) is 2.61. The maximum absolute atomic E-state index is 12.9. The predicted octanol–water partition coefficient (Wildman–Crippen LogP) is 2.27. The van der Waals surface area contributed by atoms with Crippen LogP contribution in [-0.4, -0.2) is 48.2 Å². The van der Waals surface area contributed by atoms with E-state index in [2.05, 4.69) is 20.2 Å². The highest BCUT2D eigenvalue weighted by molar-refractivity contribution is 5.40. The highest BCUT2D eigenvalue weighted by Crippen LogP contribution is 2.25. The highest BCUT2D eigenvalue weighted by atomic mass is 19.1. The molecule has 0 saturated carbocycles. The summed E-state index contributed by atoms with van der Waals surface area (Å²) in [6.45, 7) is 3.27. The summed E-state index contributed by atoms with van der Waals surface area (Å²) in [5.74, 6) is 0.570. The number of morpholine rings is 1. The van der Waals surface area contributed by atoms with Gasteiger partial charge >= 0.3 is 0 Å². The molecule has 2 aromatic rings. The van der Waals surface area contributed by atoms with Gasteiger partial charge in [0, 0.05) is 39.1 Å². The van der Waals surface area contributed by atoms with Crippen LogP contribution >= 0.6 is 0 Å². The van der Waals surface area contributed by atoms with Gasteiger partial charge in [0.05, 0.1) is 6.61 Å². The van der Waals surface area contributed by atoms with E-state index in [-0.39, 0.29) is 11.9 Å². The van der Waals surface area contributed by atoms with Crippen molar-refractivity contribution in [3.05, 3.63) is 53.7 Å². The Kier molecular flexibility index (Phi) is 5.15. The van der Waals surface area contributed by atoms with Gasteiger partial charge in [0.1, 0.15) is 23.4 Å². The molecule has 1 saturated heterocycles. The van der Waals surface area contributed by atoms with Crippen LogP contribution in [0.5, 0.6) is 0 Å². The summed E-state index contributed by atoms with van der Waals surface area (Å²) < 4.78 is 18.8. The molecule has 1 aliphatic rings. The third-order valence-electron chi connectivity index (χ3n) is 4.05. The molecular weight excluding hydrogens is 295 g/mol. The Morgan fingerprint density at radius 1 is 1.26 bits per heavy atom. The summed E-state index contributed by atoms with van der Waals surface area (Å²) in [5.41, 5.74) is 1.99. The molecular formula is C17H21FN4O. The van der Waals surface area contributed by atoms with E-state index in [9.17, 15) is 4.39 Å².